The molecule has 0 saturated heterocycles. The normalized spacial score (nSPS) is 9.83. The number of ether oxygens (including phenoxy) is 1. The van der Waals surface area contributed by atoms with Gasteiger partial charge in [0.05, 0.1) is 12.3 Å². The van der Waals surface area contributed by atoms with Crippen LogP contribution in [0.2, 0.25) is 0 Å². The van der Waals surface area contributed by atoms with E-state index in [1.54, 1.807) is 12.1 Å². The van der Waals surface area contributed by atoms with Crippen LogP contribution in [0.5, 0.6) is 0 Å². The van der Waals surface area contributed by atoms with Crippen molar-refractivity contribution in [2.75, 3.05) is 13.7 Å². The van der Waals surface area contributed by atoms with Crippen molar-refractivity contribution in [2.45, 2.75) is 0 Å². The standard InChI is InChI=1S/C9H10FNO/c1-12-6-9(11)7-3-2-4-8(10)5-7/h2-5,11H,6H2,1H3. The molecule has 1 aromatic carbocycles. The number of hydrogen-bond acceptors (Lipinski definition) is 2. The van der Waals surface area contributed by atoms with Gasteiger partial charge in [0.15, 0.2) is 0 Å². The van der Waals surface area contributed by atoms with Crippen LogP contribution >= 0.6 is 0 Å². The molecule has 0 spiro atoms. The van der Waals surface area contributed by atoms with Crippen LogP contribution in [0, 0.1) is 11.2 Å². The Kier molecular flexibility index (Phi) is 2.94. The first-order valence-corrected chi connectivity index (χ1v) is 3.56. The first-order chi connectivity index (χ1) is 5.74. The van der Waals surface area contributed by atoms with Crippen molar-refractivity contribution in [3.63, 3.8) is 0 Å². The second-order valence-corrected chi connectivity index (χ2v) is 2.42. The van der Waals surface area contributed by atoms with Gasteiger partial charge >= 0.3 is 0 Å². The van der Waals surface area contributed by atoms with E-state index in [1.807, 2.05) is 0 Å². The summed E-state index contributed by atoms with van der Waals surface area (Å²) in [6.07, 6.45) is 0. The Morgan fingerprint density at radius 1 is 1.58 bits per heavy atom. The van der Waals surface area contributed by atoms with E-state index >= 15 is 0 Å². The lowest BCUT2D eigenvalue weighted by Gasteiger charge is -2.01. The molecule has 0 radical (unpaired) electrons. The van der Waals surface area contributed by atoms with E-state index < -0.39 is 0 Å². The molecule has 2 nitrogen and oxygen atoms in total. The Morgan fingerprint density at radius 2 is 2.33 bits per heavy atom. The van der Waals surface area contributed by atoms with Crippen LogP contribution < -0.4 is 0 Å². The fraction of sp³-hybridized carbons (Fsp3) is 0.222. The molecule has 1 N–H and O–H groups in total. The second kappa shape index (κ2) is 3.97. The zero-order valence-corrected chi connectivity index (χ0v) is 6.80. The minimum atomic E-state index is -0.326. The molecule has 0 aliphatic heterocycles. The minimum absolute atomic E-state index is 0.212. The molecule has 64 valence electrons. The van der Waals surface area contributed by atoms with E-state index in [2.05, 4.69) is 0 Å². The Labute approximate surface area is 70.5 Å². The summed E-state index contributed by atoms with van der Waals surface area (Å²) in [6.45, 7) is 0.212. The molecule has 0 aromatic heterocycles. The van der Waals surface area contributed by atoms with Crippen molar-refractivity contribution in [1.29, 1.82) is 5.41 Å². The minimum Gasteiger partial charge on any atom is -0.378 e. The SMILES string of the molecule is COCC(=N)c1cccc(F)c1. The predicted molar refractivity (Wildman–Crippen MR) is 45.1 cm³/mol. The molecule has 0 atom stereocenters. The zero-order chi connectivity index (χ0) is 8.97. The van der Waals surface area contributed by atoms with E-state index in [0.29, 0.717) is 5.56 Å². The third kappa shape index (κ3) is 2.13. The molecule has 1 aromatic rings. The van der Waals surface area contributed by atoms with E-state index in [-0.39, 0.29) is 18.1 Å². The number of benzene rings is 1. The molecule has 0 fully saturated rings. The summed E-state index contributed by atoms with van der Waals surface area (Å²) in [5.74, 6) is -0.326. The van der Waals surface area contributed by atoms with Crippen molar-refractivity contribution >= 4 is 5.71 Å². The van der Waals surface area contributed by atoms with E-state index in [4.69, 9.17) is 10.1 Å². The first-order valence-electron chi connectivity index (χ1n) is 3.56. The number of rotatable bonds is 3. The van der Waals surface area contributed by atoms with Gasteiger partial charge in [0.2, 0.25) is 0 Å². The average molecular weight is 167 g/mol. The Hall–Kier alpha value is -1.22. The third-order valence-electron chi connectivity index (χ3n) is 1.46. The monoisotopic (exact) mass is 167 g/mol. The Morgan fingerprint density at radius 3 is 2.92 bits per heavy atom. The highest BCUT2D eigenvalue weighted by molar-refractivity contribution is 5.99. The maximum absolute atomic E-state index is 12.6. The van der Waals surface area contributed by atoms with Gasteiger partial charge in [-0.15, -0.1) is 0 Å². The number of hydrogen-bond donors (Lipinski definition) is 1. The molecular formula is C9H10FNO. The van der Waals surface area contributed by atoms with Crippen molar-refractivity contribution in [2.24, 2.45) is 0 Å². The second-order valence-electron chi connectivity index (χ2n) is 2.42. The van der Waals surface area contributed by atoms with Crippen LogP contribution in [0.25, 0.3) is 0 Å². The van der Waals surface area contributed by atoms with Crippen molar-refractivity contribution < 1.29 is 9.13 Å². The molecule has 0 aliphatic rings. The van der Waals surface area contributed by atoms with Crippen LogP contribution in [-0.2, 0) is 4.74 Å². The number of nitrogens with one attached hydrogen (secondary N) is 1. The van der Waals surface area contributed by atoms with Crippen LogP contribution in [0.4, 0.5) is 4.39 Å². The van der Waals surface area contributed by atoms with Gasteiger partial charge in [0.1, 0.15) is 5.82 Å². The van der Waals surface area contributed by atoms with E-state index in [0.717, 1.165) is 0 Å². The Bertz CT molecular complexity index is 286. The molecule has 0 saturated carbocycles. The molecule has 1 rings (SSSR count). The highest BCUT2D eigenvalue weighted by atomic mass is 19.1. The van der Waals surface area contributed by atoms with Crippen LogP contribution in [0.15, 0.2) is 24.3 Å². The summed E-state index contributed by atoms with van der Waals surface area (Å²) in [6, 6.07) is 5.93. The summed E-state index contributed by atoms with van der Waals surface area (Å²) in [5.41, 5.74) is 0.855. The van der Waals surface area contributed by atoms with Gasteiger partial charge in [-0.25, -0.2) is 4.39 Å². The van der Waals surface area contributed by atoms with Gasteiger partial charge in [-0.2, -0.15) is 0 Å². The largest absolute Gasteiger partial charge is 0.378 e. The lowest BCUT2D eigenvalue weighted by molar-refractivity contribution is 0.245. The number of halogens is 1. The lowest BCUT2D eigenvalue weighted by atomic mass is 10.1. The highest BCUT2D eigenvalue weighted by Gasteiger charge is 2.00. The summed E-state index contributed by atoms with van der Waals surface area (Å²) in [5, 5.41) is 7.43. The molecule has 0 amide bonds. The molecule has 0 aliphatic carbocycles. The molecule has 0 unspecified atom stereocenters. The van der Waals surface area contributed by atoms with Gasteiger partial charge in [-0.05, 0) is 12.1 Å². The number of methoxy groups -OCH3 is 1. The molecular weight excluding hydrogens is 157 g/mol. The van der Waals surface area contributed by atoms with Crippen LogP contribution in [0.1, 0.15) is 5.56 Å². The maximum Gasteiger partial charge on any atom is 0.123 e. The van der Waals surface area contributed by atoms with Crippen LogP contribution in [-0.4, -0.2) is 19.4 Å². The molecule has 0 bridgehead atoms. The summed E-state index contributed by atoms with van der Waals surface area (Å²) >= 11 is 0. The molecule has 3 heteroatoms. The van der Waals surface area contributed by atoms with Gasteiger partial charge < -0.3 is 10.1 Å². The van der Waals surface area contributed by atoms with Crippen molar-refractivity contribution in [3.05, 3.63) is 35.6 Å². The smallest absolute Gasteiger partial charge is 0.123 e. The molecule has 12 heavy (non-hydrogen) atoms. The maximum atomic E-state index is 12.6. The molecule has 0 heterocycles. The summed E-state index contributed by atoms with van der Waals surface area (Å²) < 4.78 is 17.4. The average Bonchev–Trinajstić information content (AvgIpc) is 2.05. The third-order valence-corrected chi connectivity index (χ3v) is 1.46. The van der Waals surface area contributed by atoms with Crippen molar-refractivity contribution in [1.82, 2.24) is 0 Å². The predicted octanol–water partition coefficient (Wildman–Crippen LogP) is 1.84. The fourth-order valence-electron chi connectivity index (χ4n) is 0.904. The van der Waals surface area contributed by atoms with E-state index in [1.165, 1.54) is 19.2 Å². The van der Waals surface area contributed by atoms with Crippen molar-refractivity contribution in [3.8, 4) is 0 Å². The zero-order valence-electron chi connectivity index (χ0n) is 6.80. The van der Waals surface area contributed by atoms with Gasteiger partial charge in [-0.3, -0.25) is 0 Å². The van der Waals surface area contributed by atoms with Gasteiger partial charge in [0.25, 0.3) is 0 Å². The van der Waals surface area contributed by atoms with Crippen LogP contribution in [0.3, 0.4) is 0 Å². The topological polar surface area (TPSA) is 33.1 Å². The quantitative estimate of drug-likeness (QED) is 0.684. The highest BCUT2D eigenvalue weighted by Crippen LogP contribution is 2.04. The Balaban J connectivity index is 2.81. The van der Waals surface area contributed by atoms with Gasteiger partial charge in [0, 0.05) is 12.7 Å². The first kappa shape index (κ1) is 8.87. The fourth-order valence-corrected chi connectivity index (χ4v) is 0.904. The lowest BCUT2D eigenvalue weighted by Crippen LogP contribution is -2.06. The van der Waals surface area contributed by atoms with Gasteiger partial charge in [-0.1, -0.05) is 12.1 Å². The summed E-state index contributed by atoms with van der Waals surface area (Å²) in [4.78, 5) is 0. The summed E-state index contributed by atoms with van der Waals surface area (Å²) in [7, 11) is 1.51. The van der Waals surface area contributed by atoms with E-state index in [9.17, 15) is 4.39 Å².